The molecule has 0 radical (unpaired) electrons. The summed E-state index contributed by atoms with van der Waals surface area (Å²) in [6.45, 7) is 1.92. The van der Waals surface area contributed by atoms with Crippen LogP contribution in [0.4, 0.5) is 5.82 Å². The molecule has 6 heteroatoms. The van der Waals surface area contributed by atoms with E-state index >= 15 is 0 Å². The molecule has 1 unspecified atom stereocenters. The zero-order valence-corrected chi connectivity index (χ0v) is 11.7. The highest BCUT2D eigenvalue weighted by atomic mass is 32.1. The summed E-state index contributed by atoms with van der Waals surface area (Å²) >= 11 is 1.62. The molecule has 2 aromatic rings. The van der Waals surface area contributed by atoms with Crippen LogP contribution in [0, 0.1) is 0 Å². The summed E-state index contributed by atoms with van der Waals surface area (Å²) in [5.41, 5.74) is 0. The lowest BCUT2D eigenvalue weighted by atomic mass is 10.2. The minimum Gasteiger partial charge on any atom is -0.376 e. The average molecular weight is 279 g/mol. The van der Waals surface area contributed by atoms with E-state index in [4.69, 9.17) is 9.47 Å². The molecule has 102 valence electrons. The molecular formula is C13H17N3O2S. The van der Waals surface area contributed by atoms with Crippen LogP contribution in [0.25, 0.3) is 10.2 Å². The lowest BCUT2D eigenvalue weighted by Crippen LogP contribution is -2.14. The maximum atomic E-state index is 5.66. The summed E-state index contributed by atoms with van der Waals surface area (Å²) in [6.07, 6.45) is 2.47. The zero-order chi connectivity index (χ0) is 13.1. The van der Waals surface area contributed by atoms with Gasteiger partial charge in [0.05, 0.1) is 18.1 Å². The Labute approximate surface area is 116 Å². The number of anilines is 1. The smallest absolute Gasteiger partial charge is 0.158 e. The molecule has 19 heavy (non-hydrogen) atoms. The Morgan fingerprint density at radius 3 is 3.26 bits per heavy atom. The maximum Gasteiger partial charge on any atom is 0.158 e. The van der Waals surface area contributed by atoms with Gasteiger partial charge >= 0.3 is 0 Å². The highest BCUT2D eigenvalue weighted by Crippen LogP contribution is 2.24. The van der Waals surface area contributed by atoms with Crippen molar-refractivity contribution >= 4 is 27.4 Å². The third-order valence-electron chi connectivity index (χ3n) is 3.17. The van der Waals surface area contributed by atoms with Crippen molar-refractivity contribution in [1.82, 2.24) is 9.97 Å². The molecule has 1 N–H and O–H groups in total. The Bertz CT molecular complexity index is 552. The number of rotatable bonds is 5. The molecule has 0 aliphatic carbocycles. The van der Waals surface area contributed by atoms with Gasteiger partial charge in [-0.3, -0.25) is 0 Å². The SMILES string of the molecule is CNc1nc(COCC2CCCO2)nc2sccc12. The fourth-order valence-corrected chi connectivity index (χ4v) is 2.99. The van der Waals surface area contributed by atoms with Crippen LogP contribution < -0.4 is 5.32 Å². The van der Waals surface area contributed by atoms with Crippen molar-refractivity contribution in [3.63, 3.8) is 0 Å². The Kier molecular flexibility index (Phi) is 3.91. The molecule has 1 aliphatic rings. The molecule has 2 aromatic heterocycles. The van der Waals surface area contributed by atoms with Crippen molar-refractivity contribution in [3.8, 4) is 0 Å². The van der Waals surface area contributed by atoms with Crippen LogP contribution in [0.5, 0.6) is 0 Å². The van der Waals surface area contributed by atoms with Gasteiger partial charge in [0, 0.05) is 13.7 Å². The first-order chi connectivity index (χ1) is 9.36. The minimum absolute atomic E-state index is 0.245. The van der Waals surface area contributed by atoms with Crippen LogP contribution in [0.15, 0.2) is 11.4 Å². The maximum absolute atomic E-state index is 5.66. The number of nitrogens with zero attached hydrogens (tertiary/aromatic N) is 2. The summed E-state index contributed by atoms with van der Waals surface area (Å²) in [7, 11) is 1.87. The van der Waals surface area contributed by atoms with E-state index in [0.29, 0.717) is 13.2 Å². The molecule has 1 aliphatic heterocycles. The second kappa shape index (κ2) is 5.81. The number of hydrogen-bond donors (Lipinski definition) is 1. The van der Waals surface area contributed by atoms with Crippen LogP contribution in [-0.2, 0) is 16.1 Å². The van der Waals surface area contributed by atoms with Crippen molar-refractivity contribution in [2.45, 2.75) is 25.6 Å². The lowest BCUT2D eigenvalue weighted by Gasteiger charge is -2.10. The highest BCUT2D eigenvalue weighted by molar-refractivity contribution is 7.16. The third kappa shape index (κ3) is 2.86. The first kappa shape index (κ1) is 12.8. The van der Waals surface area contributed by atoms with Crippen LogP contribution in [0.1, 0.15) is 18.7 Å². The summed E-state index contributed by atoms with van der Waals surface area (Å²) in [6, 6.07) is 2.03. The quantitative estimate of drug-likeness (QED) is 0.911. The molecule has 5 nitrogen and oxygen atoms in total. The summed E-state index contributed by atoms with van der Waals surface area (Å²) in [5.74, 6) is 1.58. The number of nitrogens with one attached hydrogen (secondary N) is 1. The first-order valence-corrected chi connectivity index (χ1v) is 7.36. The molecule has 1 saturated heterocycles. The summed E-state index contributed by atoms with van der Waals surface area (Å²) in [5, 5.41) is 6.19. The van der Waals surface area contributed by atoms with Gasteiger partial charge in [0.2, 0.25) is 0 Å². The number of thiophene rings is 1. The fraction of sp³-hybridized carbons (Fsp3) is 0.538. The molecule has 1 fully saturated rings. The van der Waals surface area contributed by atoms with Gasteiger partial charge in [0.15, 0.2) is 5.82 Å². The van der Waals surface area contributed by atoms with Crippen LogP contribution >= 0.6 is 11.3 Å². The monoisotopic (exact) mass is 279 g/mol. The van der Waals surface area contributed by atoms with Gasteiger partial charge in [-0.2, -0.15) is 0 Å². The van der Waals surface area contributed by atoms with Gasteiger partial charge < -0.3 is 14.8 Å². The van der Waals surface area contributed by atoms with Gasteiger partial charge in [-0.1, -0.05) is 0 Å². The second-order valence-corrected chi connectivity index (χ2v) is 5.42. The number of ether oxygens (including phenoxy) is 2. The zero-order valence-electron chi connectivity index (χ0n) is 10.9. The molecule has 0 aromatic carbocycles. The molecule has 3 rings (SSSR count). The third-order valence-corrected chi connectivity index (χ3v) is 3.97. The van der Waals surface area contributed by atoms with Crippen LogP contribution in [0.2, 0.25) is 0 Å². The highest BCUT2D eigenvalue weighted by Gasteiger charge is 2.16. The van der Waals surface area contributed by atoms with Crippen molar-refractivity contribution in [3.05, 3.63) is 17.3 Å². The van der Waals surface area contributed by atoms with E-state index in [2.05, 4.69) is 15.3 Å². The van der Waals surface area contributed by atoms with Crippen molar-refractivity contribution < 1.29 is 9.47 Å². The second-order valence-electron chi connectivity index (χ2n) is 4.53. The van der Waals surface area contributed by atoms with Crippen molar-refractivity contribution in [2.24, 2.45) is 0 Å². The molecule has 3 heterocycles. The van der Waals surface area contributed by atoms with E-state index in [0.717, 1.165) is 41.3 Å². The molecule has 0 spiro atoms. The normalized spacial score (nSPS) is 19.1. The topological polar surface area (TPSA) is 56.3 Å². The number of aromatic nitrogens is 2. The van der Waals surface area contributed by atoms with E-state index in [1.54, 1.807) is 11.3 Å². The Morgan fingerprint density at radius 1 is 1.53 bits per heavy atom. The number of fused-ring (bicyclic) bond motifs is 1. The van der Waals surface area contributed by atoms with E-state index in [-0.39, 0.29) is 6.10 Å². The van der Waals surface area contributed by atoms with Gasteiger partial charge in [-0.15, -0.1) is 11.3 Å². The largest absolute Gasteiger partial charge is 0.376 e. The van der Waals surface area contributed by atoms with Crippen LogP contribution in [0.3, 0.4) is 0 Å². The van der Waals surface area contributed by atoms with E-state index < -0.39 is 0 Å². The summed E-state index contributed by atoms with van der Waals surface area (Å²) < 4.78 is 11.2. The van der Waals surface area contributed by atoms with E-state index in [1.165, 1.54) is 0 Å². The predicted octanol–water partition coefficient (Wildman–Crippen LogP) is 2.43. The Hall–Kier alpha value is -1.24. The molecule has 1 atom stereocenters. The Morgan fingerprint density at radius 2 is 2.47 bits per heavy atom. The predicted molar refractivity (Wildman–Crippen MR) is 75.6 cm³/mol. The number of hydrogen-bond acceptors (Lipinski definition) is 6. The van der Waals surface area contributed by atoms with Gasteiger partial charge in [0.1, 0.15) is 17.3 Å². The standard InChI is InChI=1S/C13H17N3O2S/c1-14-12-10-4-6-19-13(10)16-11(15-12)8-17-7-9-3-2-5-18-9/h4,6,9H,2-3,5,7-8H2,1H3,(H,14,15,16). The van der Waals surface area contributed by atoms with Gasteiger partial charge in [0.25, 0.3) is 0 Å². The molecular weight excluding hydrogens is 262 g/mol. The summed E-state index contributed by atoms with van der Waals surface area (Å²) in [4.78, 5) is 9.98. The minimum atomic E-state index is 0.245. The van der Waals surface area contributed by atoms with E-state index in [9.17, 15) is 0 Å². The molecule has 0 saturated carbocycles. The van der Waals surface area contributed by atoms with Crippen molar-refractivity contribution in [1.29, 1.82) is 0 Å². The van der Waals surface area contributed by atoms with E-state index in [1.807, 2.05) is 18.5 Å². The molecule has 0 amide bonds. The lowest BCUT2D eigenvalue weighted by molar-refractivity contribution is 0.00875. The van der Waals surface area contributed by atoms with Gasteiger partial charge in [-0.25, -0.2) is 9.97 Å². The van der Waals surface area contributed by atoms with Gasteiger partial charge in [-0.05, 0) is 24.3 Å². The van der Waals surface area contributed by atoms with Crippen LogP contribution in [-0.4, -0.2) is 36.3 Å². The first-order valence-electron chi connectivity index (χ1n) is 6.48. The average Bonchev–Trinajstić information content (AvgIpc) is 3.08. The van der Waals surface area contributed by atoms with Crippen molar-refractivity contribution in [2.75, 3.05) is 25.6 Å². The molecule has 0 bridgehead atoms. The fourth-order valence-electron chi connectivity index (χ4n) is 2.21. The Balaban J connectivity index is 1.66.